The van der Waals surface area contributed by atoms with Crippen molar-refractivity contribution in [3.8, 4) is 17.1 Å². The van der Waals surface area contributed by atoms with E-state index in [0.29, 0.717) is 6.07 Å². The molecular weight excluding hydrogens is 476 g/mol. The first-order chi connectivity index (χ1) is 15.6. The molecule has 0 spiro atoms. The van der Waals surface area contributed by atoms with Crippen LogP contribution in [0.4, 0.5) is 32.2 Å². The van der Waals surface area contributed by atoms with E-state index in [1.165, 1.54) is 7.05 Å². The molecule has 2 aromatic rings. The molecule has 0 radical (unpaired) electrons. The zero-order valence-electron chi connectivity index (χ0n) is 17.9. The number of nitrogens with zero attached hydrogens (tertiary/aromatic N) is 4. The van der Waals surface area contributed by atoms with Gasteiger partial charge in [-0.05, 0) is 44.6 Å². The molecule has 1 aromatic heterocycles. The molecule has 0 saturated carbocycles. The van der Waals surface area contributed by atoms with E-state index in [1.807, 2.05) is 7.05 Å². The maximum Gasteiger partial charge on any atom is 0.490 e. The minimum atomic E-state index is -5.08. The van der Waals surface area contributed by atoms with Crippen LogP contribution in [0, 0.1) is 0 Å². The Labute approximate surface area is 188 Å². The molecule has 0 amide bonds. The van der Waals surface area contributed by atoms with E-state index in [-0.39, 0.29) is 23.2 Å². The van der Waals surface area contributed by atoms with E-state index in [1.54, 1.807) is 0 Å². The lowest BCUT2D eigenvalue weighted by molar-refractivity contribution is -0.192. The molecule has 0 bridgehead atoms. The molecule has 0 aliphatic carbocycles. The smallest absolute Gasteiger partial charge is 0.490 e. The Morgan fingerprint density at radius 3 is 2.26 bits per heavy atom. The number of anilines is 1. The number of aromatic hydroxyl groups is 1. The summed E-state index contributed by atoms with van der Waals surface area (Å²) in [6.07, 6.45) is -7.76. The number of benzene rings is 1. The number of alkyl halides is 6. The van der Waals surface area contributed by atoms with Gasteiger partial charge in [0.05, 0.1) is 11.1 Å². The number of hydrogen-bond donors (Lipinski definition) is 3. The summed E-state index contributed by atoms with van der Waals surface area (Å²) in [7, 11) is 3.43. The molecule has 3 rings (SSSR count). The Bertz CT molecular complexity index is 1090. The Morgan fingerprint density at radius 1 is 1.15 bits per heavy atom. The monoisotopic (exact) mass is 497 g/mol. The zero-order valence-corrected chi connectivity index (χ0v) is 17.9. The summed E-state index contributed by atoms with van der Waals surface area (Å²) in [4.78, 5) is 23.6. The molecule has 1 fully saturated rings. The van der Waals surface area contributed by atoms with Crippen molar-refractivity contribution in [2.75, 3.05) is 25.5 Å². The van der Waals surface area contributed by atoms with Gasteiger partial charge in [0, 0.05) is 19.6 Å². The molecule has 3 N–H and O–H groups in total. The molecule has 2 heterocycles. The number of carbonyl (C=O) groups is 1. The van der Waals surface area contributed by atoms with E-state index in [0.717, 1.165) is 42.6 Å². The average molecular weight is 497 g/mol. The molecule has 1 aliphatic heterocycles. The van der Waals surface area contributed by atoms with Crippen LogP contribution >= 0.6 is 0 Å². The lowest BCUT2D eigenvalue weighted by Gasteiger charge is -2.30. The number of carboxylic acids is 1. The number of carboxylic acid groups (broad SMARTS) is 1. The summed E-state index contributed by atoms with van der Waals surface area (Å²) < 4.78 is 71.1. The third-order valence-corrected chi connectivity index (χ3v) is 4.84. The van der Waals surface area contributed by atoms with Crippen LogP contribution in [0.3, 0.4) is 0 Å². The summed E-state index contributed by atoms with van der Waals surface area (Å²) >= 11 is 0. The average Bonchev–Trinajstić information content (AvgIpc) is 2.71. The van der Waals surface area contributed by atoms with Crippen LogP contribution in [0.25, 0.3) is 11.4 Å². The maximum absolute atomic E-state index is 12.7. The highest BCUT2D eigenvalue weighted by molar-refractivity contribution is 5.73. The first-order valence-corrected chi connectivity index (χ1v) is 9.70. The number of likely N-dealkylation sites (tertiary alicyclic amines) is 1. The minimum Gasteiger partial charge on any atom is -0.507 e. The Kier molecular flexibility index (Phi) is 8.13. The normalized spacial score (nSPS) is 17.0. The number of nitrogens with one attached hydrogen (secondary N) is 1. The minimum absolute atomic E-state index is 0.000880. The van der Waals surface area contributed by atoms with E-state index in [9.17, 15) is 36.2 Å². The van der Waals surface area contributed by atoms with Gasteiger partial charge in [-0.25, -0.2) is 4.79 Å². The van der Waals surface area contributed by atoms with E-state index in [2.05, 4.69) is 20.4 Å². The van der Waals surface area contributed by atoms with Crippen molar-refractivity contribution in [1.29, 1.82) is 0 Å². The zero-order chi connectivity index (χ0) is 25.8. The number of piperidine rings is 1. The van der Waals surface area contributed by atoms with E-state index < -0.39 is 35.2 Å². The van der Waals surface area contributed by atoms with Gasteiger partial charge in [0.25, 0.3) is 5.56 Å². The Balaban J connectivity index is 0.000000509. The fourth-order valence-electron chi connectivity index (χ4n) is 3.16. The largest absolute Gasteiger partial charge is 0.507 e. The van der Waals surface area contributed by atoms with Gasteiger partial charge in [0.15, 0.2) is 5.82 Å². The molecule has 1 aromatic carbocycles. The number of phenols is 1. The molecule has 15 heteroatoms. The number of likely N-dealkylation sites (N-methyl/N-ethyl adjacent to an activating group) is 1. The van der Waals surface area contributed by atoms with Gasteiger partial charge < -0.3 is 20.4 Å². The standard InChI is InChI=1S/C17H20F3N5O2.C2HF3O2/c1-24-7-3-4-11(9-24)21-14-16(27)25(2)15(23-22-14)12-6-5-10(8-13(12)26)17(18,19)20;3-2(4,5)1(6)7/h5-6,8,11,26H,3-4,7,9H2,1-2H3,(H,21,22);(H,6,7)/t11-;/m1./s1. The van der Waals surface area contributed by atoms with Crippen molar-refractivity contribution in [2.24, 2.45) is 7.05 Å². The molecule has 1 atom stereocenters. The fraction of sp³-hybridized carbons (Fsp3) is 0.474. The number of aliphatic carboxylic acids is 1. The van der Waals surface area contributed by atoms with Crippen molar-refractivity contribution in [1.82, 2.24) is 19.7 Å². The van der Waals surface area contributed by atoms with E-state index in [4.69, 9.17) is 9.90 Å². The predicted molar refractivity (Wildman–Crippen MR) is 107 cm³/mol. The second-order valence-electron chi connectivity index (χ2n) is 7.51. The molecule has 9 nitrogen and oxygen atoms in total. The van der Waals surface area contributed by atoms with Crippen LogP contribution in [0.1, 0.15) is 18.4 Å². The van der Waals surface area contributed by atoms with E-state index >= 15 is 0 Å². The Hall–Kier alpha value is -3.36. The molecule has 1 aliphatic rings. The van der Waals surface area contributed by atoms with Gasteiger partial charge >= 0.3 is 18.3 Å². The third-order valence-electron chi connectivity index (χ3n) is 4.84. The summed E-state index contributed by atoms with van der Waals surface area (Å²) in [5.74, 6) is -3.32. The molecule has 34 heavy (non-hydrogen) atoms. The van der Waals surface area contributed by atoms with Crippen molar-refractivity contribution >= 4 is 11.8 Å². The topological polar surface area (TPSA) is 121 Å². The van der Waals surface area contributed by atoms with Crippen molar-refractivity contribution < 1.29 is 41.4 Å². The molecule has 1 saturated heterocycles. The van der Waals surface area contributed by atoms with Gasteiger partial charge in [0.2, 0.25) is 5.82 Å². The second kappa shape index (κ2) is 10.3. The predicted octanol–water partition coefficient (Wildman–Crippen LogP) is 2.71. The Morgan fingerprint density at radius 2 is 1.76 bits per heavy atom. The number of phenolic OH excluding ortho intramolecular Hbond substituents is 1. The van der Waals surface area contributed by atoms with Gasteiger partial charge in [0.1, 0.15) is 5.75 Å². The highest BCUT2D eigenvalue weighted by atomic mass is 19.4. The van der Waals surface area contributed by atoms with Crippen LogP contribution in [-0.2, 0) is 18.0 Å². The van der Waals surface area contributed by atoms with Crippen molar-refractivity contribution in [3.05, 3.63) is 34.1 Å². The number of halogens is 6. The van der Waals surface area contributed by atoms with Crippen LogP contribution < -0.4 is 10.9 Å². The molecule has 0 unspecified atom stereocenters. The number of rotatable bonds is 3. The fourth-order valence-corrected chi connectivity index (χ4v) is 3.16. The van der Waals surface area contributed by atoms with Crippen LogP contribution in [0.15, 0.2) is 23.0 Å². The summed E-state index contributed by atoms with van der Waals surface area (Å²) in [5, 5.41) is 28.0. The summed E-state index contributed by atoms with van der Waals surface area (Å²) in [6.45, 7) is 1.76. The number of aromatic nitrogens is 3. The van der Waals surface area contributed by atoms with Gasteiger partial charge in [-0.1, -0.05) is 0 Å². The first-order valence-electron chi connectivity index (χ1n) is 9.70. The van der Waals surface area contributed by atoms with Crippen molar-refractivity contribution in [3.63, 3.8) is 0 Å². The van der Waals surface area contributed by atoms with Gasteiger partial charge in [-0.2, -0.15) is 26.3 Å². The second-order valence-corrected chi connectivity index (χ2v) is 7.51. The third kappa shape index (κ3) is 6.82. The maximum atomic E-state index is 12.7. The first kappa shape index (κ1) is 26.9. The lowest BCUT2D eigenvalue weighted by Crippen LogP contribution is -2.41. The lowest BCUT2D eigenvalue weighted by atomic mass is 10.1. The summed E-state index contributed by atoms with van der Waals surface area (Å²) in [5.41, 5.74) is -1.45. The SMILES string of the molecule is CN1CCC[C@@H](Nc2nnc(-c3ccc(C(F)(F)F)cc3O)n(C)c2=O)C1.O=C(O)C(F)(F)F. The van der Waals surface area contributed by atoms with Crippen LogP contribution in [0.5, 0.6) is 5.75 Å². The van der Waals surface area contributed by atoms with Crippen LogP contribution in [-0.4, -0.2) is 68.2 Å². The summed E-state index contributed by atoms with van der Waals surface area (Å²) in [6, 6.07) is 2.57. The highest BCUT2D eigenvalue weighted by Crippen LogP contribution is 2.35. The quantitative estimate of drug-likeness (QED) is 0.554. The van der Waals surface area contributed by atoms with Gasteiger partial charge in [-0.15, -0.1) is 10.2 Å². The number of hydrogen-bond acceptors (Lipinski definition) is 7. The van der Waals surface area contributed by atoms with Crippen LogP contribution in [0.2, 0.25) is 0 Å². The highest BCUT2D eigenvalue weighted by Gasteiger charge is 2.38. The van der Waals surface area contributed by atoms with Gasteiger partial charge in [-0.3, -0.25) is 9.36 Å². The van der Waals surface area contributed by atoms with Crippen molar-refractivity contribution in [2.45, 2.75) is 31.2 Å². The molecule has 188 valence electrons. The molecular formula is C19H21F6N5O4.